The van der Waals surface area contributed by atoms with Gasteiger partial charge in [0.1, 0.15) is 5.78 Å². The van der Waals surface area contributed by atoms with Crippen LogP contribution in [-0.2, 0) is 16.0 Å². The Morgan fingerprint density at radius 3 is 2.53 bits per heavy atom. The van der Waals surface area contributed by atoms with E-state index < -0.39 is 12.1 Å². The van der Waals surface area contributed by atoms with Gasteiger partial charge in [0.05, 0.1) is 5.33 Å². The highest BCUT2D eigenvalue weighted by molar-refractivity contribution is 9.10. The van der Waals surface area contributed by atoms with Crippen molar-refractivity contribution in [3.05, 3.63) is 33.8 Å². The molecule has 1 rings (SSSR count). The number of carboxylic acids is 1. The fourth-order valence-electron chi connectivity index (χ4n) is 1.37. The highest BCUT2D eigenvalue weighted by Gasteiger charge is 2.20. The van der Waals surface area contributed by atoms with Crippen molar-refractivity contribution in [2.75, 3.05) is 5.33 Å². The predicted octanol–water partition coefficient (Wildman–Crippen LogP) is 2.07. The second-order valence-corrected chi connectivity index (χ2v) is 4.91. The Morgan fingerprint density at radius 1 is 1.35 bits per heavy atom. The van der Waals surface area contributed by atoms with Crippen LogP contribution in [0.15, 0.2) is 22.7 Å². The van der Waals surface area contributed by atoms with Crippen LogP contribution in [0.3, 0.4) is 0 Å². The lowest BCUT2D eigenvalue weighted by Crippen LogP contribution is -2.15. The van der Waals surface area contributed by atoms with Crippen molar-refractivity contribution >= 4 is 43.6 Å². The van der Waals surface area contributed by atoms with Crippen molar-refractivity contribution in [3.8, 4) is 0 Å². The second-order valence-electron chi connectivity index (χ2n) is 3.43. The van der Waals surface area contributed by atoms with Crippen LogP contribution in [0.1, 0.15) is 17.2 Å². The number of carboxylic acid groups (broad SMARTS) is 1. The third-order valence-corrected chi connectivity index (χ3v) is 3.29. The standard InChI is InChI=1S/C11H10Br2O4/c12-5-8(14)3-6-1-2-7(13)4-9(6)10(15)11(16)17/h1-2,4,10,15H,3,5H2,(H,16,17). The Hall–Kier alpha value is -0.720. The minimum atomic E-state index is -1.62. The largest absolute Gasteiger partial charge is 0.479 e. The van der Waals surface area contributed by atoms with Crippen LogP contribution in [-0.4, -0.2) is 27.3 Å². The molecule has 0 saturated heterocycles. The number of hydrogen-bond donors (Lipinski definition) is 2. The molecule has 1 atom stereocenters. The molecule has 0 saturated carbocycles. The summed E-state index contributed by atoms with van der Waals surface area (Å²) in [5, 5.41) is 18.5. The molecule has 17 heavy (non-hydrogen) atoms. The van der Waals surface area contributed by atoms with E-state index in [9.17, 15) is 14.7 Å². The number of carbonyl (C=O) groups excluding carboxylic acids is 1. The summed E-state index contributed by atoms with van der Waals surface area (Å²) >= 11 is 6.24. The number of aliphatic hydroxyl groups is 1. The predicted molar refractivity (Wildman–Crippen MR) is 69.2 cm³/mol. The number of hydrogen-bond acceptors (Lipinski definition) is 3. The third kappa shape index (κ3) is 3.90. The number of carbonyl (C=O) groups is 2. The minimum Gasteiger partial charge on any atom is -0.479 e. The van der Waals surface area contributed by atoms with E-state index in [-0.39, 0.29) is 23.1 Å². The molecule has 0 aliphatic carbocycles. The van der Waals surface area contributed by atoms with E-state index in [0.717, 1.165) is 0 Å². The molecule has 0 aromatic heterocycles. The molecule has 4 nitrogen and oxygen atoms in total. The van der Waals surface area contributed by atoms with Gasteiger partial charge in [0.15, 0.2) is 6.10 Å². The van der Waals surface area contributed by atoms with E-state index in [4.69, 9.17) is 5.11 Å². The van der Waals surface area contributed by atoms with Crippen LogP contribution in [0.25, 0.3) is 0 Å². The van der Waals surface area contributed by atoms with Crippen molar-refractivity contribution in [2.45, 2.75) is 12.5 Å². The van der Waals surface area contributed by atoms with Crippen LogP contribution in [0.4, 0.5) is 0 Å². The van der Waals surface area contributed by atoms with Crippen molar-refractivity contribution in [1.29, 1.82) is 0 Å². The van der Waals surface area contributed by atoms with Crippen molar-refractivity contribution < 1.29 is 19.8 Å². The molecule has 1 aromatic carbocycles. The van der Waals surface area contributed by atoms with Gasteiger partial charge in [-0.1, -0.05) is 37.9 Å². The van der Waals surface area contributed by atoms with Gasteiger partial charge in [0, 0.05) is 10.9 Å². The third-order valence-electron chi connectivity index (χ3n) is 2.17. The van der Waals surface area contributed by atoms with E-state index in [1.165, 1.54) is 6.07 Å². The average molecular weight is 366 g/mol. The number of halogens is 2. The SMILES string of the molecule is O=C(CBr)Cc1ccc(Br)cc1C(O)C(=O)O. The van der Waals surface area contributed by atoms with Gasteiger partial charge in [0.25, 0.3) is 0 Å². The molecule has 92 valence electrons. The number of alkyl halides is 1. The summed E-state index contributed by atoms with van der Waals surface area (Å²) in [4.78, 5) is 22.1. The number of rotatable bonds is 5. The second kappa shape index (κ2) is 6.28. The molecule has 0 bridgehead atoms. The van der Waals surface area contributed by atoms with E-state index in [1.807, 2.05) is 0 Å². The molecule has 0 radical (unpaired) electrons. The first-order valence-electron chi connectivity index (χ1n) is 4.72. The normalized spacial score (nSPS) is 12.2. The zero-order valence-electron chi connectivity index (χ0n) is 8.69. The minimum absolute atomic E-state index is 0.0776. The molecule has 0 amide bonds. The molecule has 0 aliphatic rings. The van der Waals surface area contributed by atoms with E-state index in [0.29, 0.717) is 10.0 Å². The van der Waals surface area contributed by atoms with Gasteiger partial charge in [-0.3, -0.25) is 4.79 Å². The molecule has 6 heteroatoms. The van der Waals surface area contributed by atoms with Crippen LogP contribution in [0, 0.1) is 0 Å². The molecular formula is C11H10Br2O4. The fourth-order valence-corrected chi connectivity index (χ4v) is 1.95. The average Bonchev–Trinajstić information content (AvgIpc) is 2.30. The number of benzene rings is 1. The van der Waals surface area contributed by atoms with E-state index >= 15 is 0 Å². The zero-order chi connectivity index (χ0) is 13.0. The summed E-state index contributed by atoms with van der Waals surface area (Å²) in [7, 11) is 0. The molecule has 0 aliphatic heterocycles. The smallest absolute Gasteiger partial charge is 0.337 e. The Balaban J connectivity index is 3.12. The van der Waals surface area contributed by atoms with Gasteiger partial charge in [-0.25, -0.2) is 4.79 Å². The van der Waals surface area contributed by atoms with E-state index in [1.54, 1.807) is 12.1 Å². The summed E-state index contributed by atoms with van der Waals surface area (Å²) in [6.45, 7) is 0. The Kier molecular flexibility index (Phi) is 5.30. The van der Waals surface area contributed by atoms with Crippen LogP contribution >= 0.6 is 31.9 Å². The summed E-state index contributed by atoms with van der Waals surface area (Å²) in [6, 6.07) is 4.84. The fraction of sp³-hybridized carbons (Fsp3) is 0.273. The van der Waals surface area contributed by atoms with Crippen LogP contribution in [0.5, 0.6) is 0 Å². The topological polar surface area (TPSA) is 74.6 Å². The van der Waals surface area contributed by atoms with Gasteiger partial charge in [-0.05, 0) is 23.3 Å². The lowest BCUT2D eigenvalue weighted by molar-refractivity contribution is -0.147. The Bertz CT molecular complexity index is 445. The quantitative estimate of drug-likeness (QED) is 0.783. The number of Topliss-reactive ketones (excluding diaryl/α,β-unsaturated/α-hetero) is 1. The molecule has 0 heterocycles. The van der Waals surface area contributed by atoms with Crippen molar-refractivity contribution in [1.82, 2.24) is 0 Å². The lowest BCUT2D eigenvalue weighted by atomic mass is 9.98. The van der Waals surface area contributed by atoms with Crippen molar-refractivity contribution in [3.63, 3.8) is 0 Å². The molecule has 0 fully saturated rings. The first-order chi connectivity index (χ1) is 7.95. The highest BCUT2D eigenvalue weighted by Crippen LogP contribution is 2.24. The first kappa shape index (κ1) is 14.3. The molecule has 1 unspecified atom stereocenters. The number of aliphatic hydroxyl groups excluding tert-OH is 1. The summed E-state index contributed by atoms with van der Waals surface area (Å²) in [5.41, 5.74) is 0.758. The summed E-state index contributed by atoms with van der Waals surface area (Å²) < 4.78 is 0.655. The van der Waals surface area contributed by atoms with Crippen LogP contribution < -0.4 is 0 Å². The first-order valence-corrected chi connectivity index (χ1v) is 6.64. The lowest BCUT2D eigenvalue weighted by Gasteiger charge is -2.12. The molecule has 0 spiro atoms. The van der Waals surface area contributed by atoms with E-state index in [2.05, 4.69) is 31.9 Å². The van der Waals surface area contributed by atoms with Gasteiger partial charge >= 0.3 is 5.97 Å². The van der Waals surface area contributed by atoms with Crippen molar-refractivity contribution in [2.24, 2.45) is 0 Å². The van der Waals surface area contributed by atoms with Crippen LogP contribution in [0.2, 0.25) is 0 Å². The maximum Gasteiger partial charge on any atom is 0.337 e. The Morgan fingerprint density at radius 2 is 2.00 bits per heavy atom. The van der Waals surface area contributed by atoms with Gasteiger partial charge in [0.2, 0.25) is 0 Å². The zero-order valence-corrected chi connectivity index (χ0v) is 11.9. The maximum atomic E-state index is 11.3. The van der Waals surface area contributed by atoms with Gasteiger partial charge in [-0.2, -0.15) is 0 Å². The molecule has 2 N–H and O–H groups in total. The maximum absolute atomic E-state index is 11.3. The molecular weight excluding hydrogens is 356 g/mol. The molecule has 1 aromatic rings. The van der Waals surface area contributed by atoms with Gasteiger partial charge < -0.3 is 10.2 Å². The van der Waals surface area contributed by atoms with Gasteiger partial charge in [-0.15, -0.1) is 0 Å². The summed E-state index contributed by atoms with van der Waals surface area (Å²) in [5.74, 6) is -1.41. The highest BCUT2D eigenvalue weighted by atomic mass is 79.9. The number of aliphatic carboxylic acids is 1. The number of ketones is 1. The Labute approximate surface area is 115 Å². The monoisotopic (exact) mass is 364 g/mol. The summed E-state index contributed by atoms with van der Waals surface area (Å²) in [6.07, 6.45) is -1.52.